The quantitative estimate of drug-likeness (QED) is 0.819. The monoisotopic (exact) mass is 278 g/mol. The van der Waals surface area contributed by atoms with E-state index in [-0.39, 0.29) is 6.42 Å². The third-order valence-electron chi connectivity index (χ3n) is 2.54. The number of hydrogen-bond donors (Lipinski definition) is 1. The van der Waals surface area contributed by atoms with Gasteiger partial charge in [0.1, 0.15) is 0 Å². The Balaban J connectivity index is 1.96. The zero-order valence-corrected chi connectivity index (χ0v) is 11.3. The van der Waals surface area contributed by atoms with Gasteiger partial charge < -0.3 is 9.63 Å². The largest absolute Gasteiger partial charge is 0.481 e. The minimum Gasteiger partial charge on any atom is -0.481 e. The molecule has 0 saturated carbocycles. The van der Waals surface area contributed by atoms with Crippen LogP contribution in [0.15, 0.2) is 28.8 Å². The van der Waals surface area contributed by atoms with Crippen LogP contribution in [0.3, 0.4) is 0 Å². The maximum absolute atomic E-state index is 10.4. The third kappa shape index (κ3) is 3.82. The molecule has 0 aliphatic heterocycles. The summed E-state index contributed by atoms with van der Waals surface area (Å²) in [7, 11) is 0. The van der Waals surface area contributed by atoms with Gasteiger partial charge in [0.2, 0.25) is 11.7 Å². The van der Waals surface area contributed by atoms with Gasteiger partial charge in [-0.2, -0.15) is 16.7 Å². The van der Waals surface area contributed by atoms with Crippen LogP contribution in [0.4, 0.5) is 0 Å². The van der Waals surface area contributed by atoms with Gasteiger partial charge in [-0.3, -0.25) is 4.79 Å². The molecule has 5 nitrogen and oxygen atoms in total. The van der Waals surface area contributed by atoms with Gasteiger partial charge in [0.25, 0.3) is 0 Å². The molecule has 19 heavy (non-hydrogen) atoms. The van der Waals surface area contributed by atoms with Crippen molar-refractivity contribution in [1.82, 2.24) is 10.1 Å². The summed E-state index contributed by atoms with van der Waals surface area (Å²) >= 11 is 1.47. The molecule has 100 valence electrons. The molecule has 1 aromatic heterocycles. The fraction of sp³-hybridized carbons (Fsp3) is 0.308. The lowest BCUT2D eigenvalue weighted by atomic mass is 10.1. The number of aromatic nitrogens is 2. The molecular formula is C13H14N2O3S. The van der Waals surface area contributed by atoms with E-state index in [1.54, 1.807) is 0 Å². The topological polar surface area (TPSA) is 76.2 Å². The van der Waals surface area contributed by atoms with Gasteiger partial charge in [-0.1, -0.05) is 29.4 Å². The Morgan fingerprint density at radius 2 is 2.21 bits per heavy atom. The highest BCUT2D eigenvalue weighted by atomic mass is 32.2. The Morgan fingerprint density at radius 1 is 1.42 bits per heavy atom. The zero-order chi connectivity index (χ0) is 13.7. The number of aliphatic carboxylic acids is 1. The van der Waals surface area contributed by atoms with Gasteiger partial charge in [-0.05, 0) is 12.5 Å². The van der Waals surface area contributed by atoms with Gasteiger partial charge in [0, 0.05) is 11.3 Å². The van der Waals surface area contributed by atoms with Crippen LogP contribution in [0.5, 0.6) is 0 Å². The van der Waals surface area contributed by atoms with Crippen LogP contribution in [0, 0.1) is 6.92 Å². The SMILES string of the molecule is Cc1ccccc1-c1noc(CSCCC(=O)O)n1. The minimum absolute atomic E-state index is 0.142. The van der Waals surface area contributed by atoms with Crippen molar-refractivity contribution in [2.45, 2.75) is 19.1 Å². The fourth-order valence-corrected chi connectivity index (χ4v) is 2.32. The van der Waals surface area contributed by atoms with Crippen molar-refractivity contribution in [1.29, 1.82) is 0 Å². The molecule has 2 rings (SSSR count). The first-order chi connectivity index (χ1) is 9.16. The first-order valence-electron chi connectivity index (χ1n) is 5.85. The molecule has 0 spiro atoms. The number of carboxylic acid groups (broad SMARTS) is 1. The van der Waals surface area contributed by atoms with E-state index in [0.717, 1.165) is 11.1 Å². The molecule has 1 aromatic carbocycles. The van der Waals surface area contributed by atoms with Crippen LogP contribution in [-0.2, 0) is 10.5 Å². The lowest BCUT2D eigenvalue weighted by Gasteiger charge is -1.98. The summed E-state index contributed by atoms with van der Waals surface area (Å²) in [6, 6.07) is 7.83. The molecule has 0 aliphatic carbocycles. The van der Waals surface area contributed by atoms with Crippen molar-refractivity contribution in [2.24, 2.45) is 0 Å². The molecule has 0 fully saturated rings. The second-order valence-electron chi connectivity index (χ2n) is 4.02. The summed E-state index contributed by atoms with van der Waals surface area (Å²) in [6.07, 6.45) is 0.142. The van der Waals surface area contributed by atoms with E-state index >= 15 is 0 Å². The minimum atomic E-state index is -0.793. The number of carboxylic acids is 1. The van der Waals surface area contributed by atoms with Crippen molar-refractivity contribution in [2.75, 3.05) is 5.75 Å². The van der Waals surface area contributed by atoms with E-state index in [0.29, 0.717) is 23.2 Å². The predicted molar refractivity (Wildman–Crippen MR) is 72.9 cm³/mol. The molecule has 0 amide bonds. The number of thioether (sulfide) groups is 1. The summed E-state index contributed by atoms with van der Waals surface area (Å²) in [5, 5.41) is 12.5. The van der Waals surface area contributed by atoms with Crippen molar-refractivity contribution < 1.29 is 14.4 Å². The smallest absolute Gasteiger partial charge is 0.304 e. The van der Waals surface area contributed by atoms with Crippen LogP contribution < -0.4 is 0 Å². The normalized spacial score (nSPS) is 10.6. The van der Waals surface area contributed by atoms with E-state index < -0.39 is 5.97 Å². The van der Waals surface area contributed by atoms with E-state index in [1.165, 1.54) is 11.8 Å². The predicted octanol–water partition coefficient (Wildman–Crippen LogP) is 2.75. The Kier molecular flexibility index (Phi) is 4.57. The molecule has 0 saturated heterocycles. The summed E-state index contributed by atoms with van der Waals surface area (Å²) in [6.45, 7) is 1.99. The zero-order valence-electron chi connectivity index (χ0n) is 10.5. The number of hydrogen-bond acceptors (Lipinski definition) is 5. The van der Waals surface area contributed by atoms with Crippen LogP contribution in [-0.4, -0.2) is 27.0 Å². The highest BCUT2D eigenvalue weighted by molar-refractivity contribution is 7.98. The van der Waals surface area contributed by atoms with Gasteiger partial charge in [0.05, 0.1) is 12.2 Å². The average Bonchev–Trinajstić information content (AvgIpc) is 2.83. The van der Waals surface area contributed by atoms with Crippen LogP contribution in [0.1, 0.15) is 17.9 Å². The Hall–Kier alpha value is -1.82. The molecule has 0 aliphatic rings. The highest BCUT2D eigenvalue weighted by Crippen LogP contribution is 2.21. The first-order valence-corrected chi connectivity index (χ1v) is 7.00. The van der Waals surface area contributed by atoms with Crippen molar-refractivity contribution >= 4 is 17.7 Å². The van der Waals surface area contributed by atoms with Crippen LogP contribution >= 0.6 is 11.8 Å². The Bertz CT molecular complexity index is 569. The molecule has 0 radical (unpaired) electrons. The van der Waals surface area contributed by atoms with Gasteiger partial charge >= 0.3 is 5.97 Å². The molecular weight excluding hydrogens is 264 g/mol. The number of rotatable bonds is 6. The molecule has 1 N–H and O–H groups in total. The van der Waals surface area contributed by atoms with E-state index in [1.807, 2.05) is 31.2 Å². The Morgan fingerprint density at radius 3 is 2.95 bits per heavy atom. The molecule has 1 heterocycles. The van der Waals surface area contributed by atoms with Gasteiger partial charge in [-0.15, -0.1) is 0 Å². The molecule has 6 heteroatoms. The average molecular weight is 278 g/mol. The summed E-state index contributed by atoms with van der Waals surface area (Å²) in [5.41, 5.74) is 2.04. The van der Waals surface area contributed by atoms with Gasteiger partial charge in [-0.25, -0.2) is 0 Å². The lowest BCUT2D eigenvalue weighted by molar-refractivity contribution is -0.136. The molecule has 0 atom stereocenters. The van der Waals surface area contributed by atoms with Crippen LogP contribution in [0.2, 0.25) is 0 Å². The highest BCUT2D eigenvalue weighted by Gasteiger charge is 2.10. The molecule has 0 unspecified atom stereocenters. The van der Waals surface area contributed by atoms with E-state index in [4.69, 9.17) is 9.63 Å². The van der Waals surface area contributed by atoms with Crippen molar-refractivity contribution in [3.05, 3.63) is 35.7 Å². The standard InChI is InChI=1S/C13H14N2O3S/c1-9-4-2-3-5-10(9)13-14-11(18-15-13)8-19-7-6-12(16)17/h2-5H,6-8H2,1H3,(H,16,17). The lowest BCUT2D eigenvalue weighted by Crippen LogP contribution is -1.96. The van der Waals surface area contributed by atoms with Gasteiger partial charge in [0.15, 0.2) is 0 Å². The van der Waals surface area contributed by atoms with E-state index in [9.17, 15) is 4.79 Å². The Labute approximate surface area is 115 Å². The first kappa shape index (κ1) is 13.6. The maximum atomic E-state index is 10.4. The second-order valence-corrected chi connectivity index (χ2v) is 5.13. The van der Waals surface area contributed by atoms with E-state index in [2.05, 4.69) is 10.1 Å². The maximum Gasteiger partial charge on any atom is 0.304 e. The fourth-order valence-electron chi connectivity index (χ4n) is 1.57. The summed E-state index contributed by atoms with van der Waals surface area (Å²) < 4.78 is 5.15. The summed E-state index contributed by atoms with van der Waals surface area (Å²) in [4.78, 5) is 14.7. The second kappa shape index (κ2) is 6.38. The summed E-state index contributed by atoms with van der Waals surface area (Å²) in [5.74, 6) is 1.38. The number of benzene rings is 1. The molecule has 2 aromatic rings. The van der Waals surface area contributed by atoms with Crippen LogP contribution in [0.25, 0.3) is 11.4 Å². The van der Waals surface area contributed by atoms with Crippen molar-refractivity contribution in [3.63, 3.8) is 0 Å². The third-order valence-corrected chi connectivity index (χ3v) is 3.48. The number of carbonyl (C=O) groups is 1. The van der Waals surface area contributed by atoms with Crippen molar-refractivity contribution in [3.8, 4) is 11.4 Å². The molecule has 0 bridgehead atoms. The number of aryl methyl sites for hydroxylation is 1. The number of nitrogens with zero attached hydrogens (tertiary/aromatic N) is 2.